The Balaban J connectivity index is 0.00000169. The number of nitrogens with one attached hydrogen (secondary N) is 1. The number of rotatable bonds is 2. The van der Waals surface area contributed by atoms with Gasteiger partial charge in [0.2, 0.25) is 0 Å². The number of hydrogen-bond acceptors (Lipinski definition) is 3. The van der Waals surface area contributed by atoms with Gasteiger partial charge in [0.1, 0.15) is 0 Å². The number of benzene rings is 2. The lowest BCUT2D eigenvalue weighted by Gasteiger charge is -2.26. The Bertz CT molecular complexity index is 788. The SMILES string of the molecule is C[N+]1(C)c2ccccc2OC1C=CC=C1Nc2ccccc2O1.[I-]. The summed E-state index contributed by atoms with van der Waals surface area (Å²) >= 11 is 0. The van der Waals surface area contributed by atoms with Crippen molar-refractivity contribution in [2.24, 2.45) is 0 Å². The van der Waals surface area contributed by atoms with Gasteiger partial charge < -0.3 is 38.8 Å². The molecule has 0 saturated carbocycles. The van der Waals surface area contributed by atoms with E-state index in [2.05, 4.69) is 31.6 Å². The number of likely N-dealkylation sites (N-methyl/N-ethyl adjacent to an activating group) is 1. The molecule has 2 aliphatic heterocycles. The Morgan fingerprint density at radius 2 is 1.71 bits per heavy atom. The zero-order valence-electron chi connectivity index (χ0n) is 13.6. The van der Waals surface area contributed by atoms with E-state index >= 15 is 0 Å². The summed E-state index contributed by atoms with van der Waals surface area (Å²) in [5, 5.41) is 3.24. The van der Waals surface area contributed by atoms with Crippen LogP contribution in [0.25, 0.3) is 0 Å². The monoisotopic (exact) mass is 434 g/mol. The number of nitrogens with zero attached hydrogens (tertiary/aromatic N) is 1. The van der Waals surface area contributed by atoms with E-state index in [-0.39, 0.29) is 30.2 Å². The van der Waals surface area contributed by atoms with Crippen LogP contribution in [-0.4, -0.2) is 20.3 Å². The molecule has 0 bridgehead atoms. The molecule has 0 saturated heterocycles. The summed E-state index contributed by atoms with van der Waals surface area (Å²) in [4.78, 5) is 0. The third-order valence-electron chi connectivity index (χ3n) is 4.26. The molecule has 0 aromatic heterocycles. The second-order valence-electron chi connectivity index (χ2n) is 6.16. The number of anilines is 1. The third-order valence-corrected chi connectivity index (χ3v) is 4.26. The van der Waals surface area contributed by atoms with Gasteiger partial charge in [0, 0.05) is 12.1 Å². The van der Waals surface area contributed by atoms with Gasteiger partial charge >= 0.3 is 0 Å². The molecule has 2 heterocycles. The van der Waals surface area contributed by atoms with E-state index in [0.717, 1.165) is 23.1 Å². The van der Waals surface area contributed by atoms with E-state index in [0.29, 0.717) is 4.48 Å². The smallest absolute Gasteiger partial charge is 0.258 e. The van der Waals surface area contributed by atoms with Gasteiger partial charge in [-0.1, -0.05) is 30.3 Å². The van der Waals surface area contributed by atoms with E-state index in [1.807, 2.05) is 54.6 Å². The molecular formula is C19H19IN2O2. The first-order valence-electron chi connectivity index (χ1n) is 7.67. The fraction of sp³-hybridized carbons (Fsp3) is 0.158. The van der Waals surface area contributed by atoms with Gasteiger partial charge in [-0.2, -0.15) is 0 Å². The van der Waals surface area contributed by atoms with Crippen molar-refractivity contribution in [1.82, 2.24) is 4.48 Å². The fourth-order valence-corrected chi connectivity index (χ4v) is 2.94. The van der Waals surface area contributed by atoms with Crippen LogP contribution in [0.4, 0.5) is 11.4 Å². The average molecular weight is 434 g/mol. The minimum absolute atomic E-state index is 0. The van der Waals surface area contributed by atoms with Crippen molar-refractivity contribution < 1.29 is 33.5 Å². The molecule has 0 aliphatic carbocycles. The maximum absolute atomic E-state index is 6.04. The first kappa shape index (κ1) is 16.9. The lowest BCUT2D eigenvalue weighted by molar-refractivity contribution is -0.00000555. The number of quaternary nitrogens is 1. The predicted octanol–water partition coefficient (Wildman–Crippen LogP) is 0.878. The quantitative estimate of drug-likeness (QED) is 0.563. The van der Waals surface area contributed by atoms with Crippen molar-refractivity contribution in [3.63, 3.8) is 0 Å². The molecule has 24 heavy (non-hydrogen) atoms. The number of halogens is 1. The van der Waals surface area contributed by atoms with E-state index in [1.165, 1.54) is 5.69 Å². The lowest BCUT2D eigenvalue weighted by atomic mass is 10.2. The van der Waals surface area contributed by atoms with Crippen LogP contribution in [0.3, 0.4) is 0 Å². The first-order chi connectivity index (χ1) is 11.1. The Morgan fingerprint density at radius 3 is 2.46 bits per heavy atom. The summed E-state index contributed by atoms with van der Waals surface area (Å²) in [6, 6.07) is 16.1. The van der Waals surface area contributed by atoms with Crippen LogP contribution in [0.1, 0.15) is 0 Å². The molecule has 5 heteroatoms. The summed E-state index contributed by atoms with van der Waals surface area (Å²) in [6.45, 7) is 0. The minimum Gasteiger partial charge on any atom is -1.00 e. The van der Waals surface area contributed by atoms with E-state index in [1.54, 1.807) is 0 Å². The second-order valence-corrected chi connectivity index (χ2v) is 6.16. The fourth-order valence-electron chi connectivity index (χ4n) is 2.94. The summed E-state index contributed by atoms with van der Waals surface area (Å²) in [5.41, 5.74) is 2.19. The first-order valence-corrected chi connectivity index (χ1v) is 7.67. The summed E-state index contributed by atoms with van der Waals surface area (Å²) < 4.78 is 12.5. The maximum Gasteiger partial charge on any atom is 0.258 e. The summed E-state index contributed by atoms with van der Waals surface area (Å²) in [6.07, 6.45) is 5.91. The number of para-hydroxylation sites is 4. The zero-order chi connectivity index (χ0) is 15.9. The lowest BCUT2D eigenvalue weighted by Crippen LogP contribution is -3.00. The third kappa shape index (κ3) is 2.89. The largest absolute Gasteiger partial charge is 1.00 e. The Labute approximate surface area is 159 Å². The predicted molar refractivity (Wildman–Crippen MR) is 92.4 cm³/mol. The van der Waals surface area contributed by atoms with Gasteiger partial charge in [0.05, 0.1) is 19.8 Å². The van der Waals surface area contributed by atoms with Crippen LogP contribution < -0.4 is 43.3 Å². The second kappa shape index (κ2) is 6.49. The molecule has 2 aliphatic rings. The molecule has 0 fully saturated rings. The highest BCUT2D eigenvalue weighted by atomic mass is 127. The molecule has 124 valence electrons. The standard InChI is InChI=1S/C19H19N2O2.HI/c1-21(2)15-9-4-6-11-17(15)23-19(21)13-7-12-18-20-14-8-3-5-10-16(14)22-18;/h3-13,19-20H,1-2H3;1H/q+1;/p-1. The summed E-state index contributed by atoms with van der Waals surface area (Å²) in [5.74, 6) is 2.53. The van der Waals surface area contributed by atoms with Gasteiger partial charge in [-0.3, -0.25) is 4.48 Å². The molecule has 2 aromatic rings. The molecule has 1 atom stereocenters. The van der Waals surface area contributed by atoms with Crippen LogP contribution in [0.5, 0.6) is 11.5 Å². The highest BCUT2D eigenvalue weighted by Crippen LogP contribution is 2.40. The highest BCUT2D eigenvalue weighted by Gasteiger charge is 2.39. The molecule has 1 N–H and O–H groups in total. The zero-order valence-corrected chi connectivity index (χ0v) is 15.7. The number of allylic oxidation sites excluding steroid dienone is 2. The van der Waals surface area contributed by atoms with Gasteiger partial charge in [-0.15, -0.1) is 0 Å². The van der Waals surface area contributed by atoms with Gasteiger partial charge in [0.25, 0.3) is 6.23 Å². The topological polar surface area (TPSA) is 30.5 Å². The number of ether oxygens (including phenoxy) is 2. The Morgan fingerprint density at radius 1 is 1.00 bits per heavy atom. The van der Waals surface area contributed by atoms with Crippen molar-refractivity contribution >= 4 is 11.4 Å². The number of hydrogen-bond donors (Lipinski definition) is 1. The van der Waals surface area contributed by atoms with Gasteiger partial charge in [-0.25, -0.2) is 0 Å². The highest BCUT2D eigenvalue weighted by molar-refractivity contribution is 5.64. The van der Waals surface area contributed by atoms with Crippen molar-refractivity contribution in [1.29, 1.82) is 0 Å². The maximum atomic E-state index is 6.04. The molecular weight excluding hydrogens is 415 g/mol. The Hall–Kier alpha value is -1.99. The van der Waals surface area contributed by atoms with Gasteiger partial charge in [0.15, 0.2) is 23.1 Å². The van der Waals surface area contributed by atoms with E-state index in [4.69, 9.17) is 9.47 Å². The molecule has 1 unspecified atom stereocenters. The molecule has 0 radical (unpaired) electrons. The molecule has 0 spiro atoms. The van der Waals surface area contributed by atoms with Crippen molar-refractivity contribution in [2.75, 3.05) is 19.4 Å². The summed E-state index contributed by atoms with van der Waals surface area (Å²) in [7, 11) is 4.29. The van der Waals surface area contributed by atoms with Crippen LogP contribution in [-0.2, 0) is 0 Å². The van der Waals surface area contributed by atoms with E-state index < -0.39 is 0 Å². The van der Waals surface area contributed by atoms with Crippen molar-refractivity contribution in [3.8, 4) is 11.5 Å². The normalized spacial score (nSPS) is 21.4. The average Bonchev–Trinajstić information content (AvgIpc) is 3.07. The molecule has 0 amide bonds. The Kier molecular flexibility index (Phi) is 4.56. The molecule has 2 aromatic carbocycles. The van der Waals surface area contributed by atoms with Crippen LogP contribution in [0, 0.1) is 0 Å². The minimum atomic E-state index is -0.0481. The van der Waals surface area contributed by atoms with Crippen LogP contribution in [0.2, 0.25) is 0 Å². The van der Waals surface area contributed by atoms with Crippen molar-refractivity contribution in [2.45, 2.75) is 6.23 Å². The van der Waals surface area contributed by atoms with Gasteiger partial charge in [-0.05, 0) is 24.3 Å². The van der Waals surface area contributed by atoms with Crippen molar-refractivity contribution in [3.05, 3.63) is 72.6 Å². The van der Waals surface area contributed by atoms with E-state index in [9.17, 15) is 0 Å². The molecule has 4 rings (SSSR count). The van der Waals surface area contributed by atoms with Crippen LogP contribution >= 0.6 is 0 Å². The number of fused-ring (bicyclic) bond motifs is 2. The molecule has 4 nitrogen and oxygen atoms in total. The van der Waals surface area contributed by atoms with Crippen LogP contribution in [0.15, 0.2) is 72.6 Å².